The number of anilines is 3. The van der Waals surface area contributed by atoms with Crippen molar-refractivity contribution in [1.29, 1.82) is 0 Å². The van der Waals surface area contributed by atoms with E-state index in [9.17, 15) is 0 Å². The molecule has 1 aromatic heterocycles. The standard InChI is InChI=1S/C53H35N3O/c1-3-19-36(20-4-1)45-35-46(37-21-5-2-6-22-37)55-52(54-45)40-25-8-7-23-38(40)39-24-9-14-30-47(39)56-48-31-15-10-26-41(48)53(42-27-11-16-32-49(42)56)43-28-12-17-33-50(43)57-51-34-18-13-29-44(51)53/h1-35H. The number of ether oxygens (including phenoxy) is 1. The number of rotatable bonds is 5. The van der Waals surface area contributed by atoms with Gasteiger partial charge >= 0.3 is 0 Å². The van der Waals surface area contributed by atoms with Gasteiger partial charge in [0, 0.05) is 33.4 Å². The van der Waals surface area contributed by atoms with Crippen molar-refractivity contribution >= 4 is 17.1 Å². The summed E-state index contributed by atoms with van der Waals surface area (Å²) < 4.78 is 6.63. The van der Waals surface area contributed by atoms with Crippen molar-refractivity contribution in [1.82, 2.24) is 9.97 Å². The molecule has 0 saturated heterocycles. The molecule has 9 aromatic rings. The summed E-state index contributed by atoms with van der Waals surface area (Å²) in [6.45, 7) is 0. The van der Waals surface area contributed by atoms with Crippen LogP contribution >= 0.6 is 0 Å². The summed E-state index contributed by atoms with van der Waals surface area (Å²) >= 11 is 0. The second-order valence-electron chi connectivity index (χ2n) is 14.5. The lowest BCUT2D eigenvalue weighted by Crippen LogP contribution is -2.39. The van der Waals surface area contributed by atoms with Crippen LogP contribution in [-0.2, 0) is 5.41 Å². The lowest BCUT2D eigenvalue weighted by molar-refractivity contribution is 0.434. The van der Waals surface area contributed by atoms with Gasteiger partial charge in [-0.25, -0.2) is 9.97 Å². The van der Waals surface area contributed by atoms with Crippen molar-refractivity contribution in [3.8, 4) is 56.5 Å². The molecule has 2 aliphatic heterocycles. The summed E-state index contributed by atoms with van der Waals surface area (Å²) in [7, 11) is 0. The van der Waals surface area contributed by atoms with Crippen LogP contribution in [0.1, 0.15) is 22.3 Å². The maximum absolute atomic E-state index is 6.63. The van der Waals surface area contributed by atoms with Crippen molar-refractivity contribution in [2.24, 2.45) is 0 Å². The first-order valence-electron chi connectivity index (χ1n) is 19.3. The second-order valence-corrected chi connectivity index (χ2v) is 14.5. The molecule has 3 heterocycles. The molecular formula is C53H35N3O. The van der Waals surface area contributed by atoms with Gasteiger partial charge in [0.05, 0.1) is 33.9 Å². The zero-order chi connectivity index (χ0) is 37.8. The molecule has 1 spiro atoms. The molecular weight excluding hydrogens is 695 g/mol. The zero-order valence-corrected chi connectivity index (χ0v) is 31.0. The van der Waals surface area contributed by atoms with Crippen LogP contribution in [0.4, 0.5) is 17.1 Å². The molecule has 0 bridgehead atoms. The van der Waals surface area contributed by atoms with E-state index >= 15 is 0 Å². The second kappa shape index (κ2) is 13.3. The number of aromatic nitrogens is 2. The third-order valence-corrected chi connectivity index (χ3v) is 11.4. The van der Waals surface area contributed by atoms with Crippen molar-refractivity contribution < 1.29 is 4.74 Å². The van der Waals surface area contributed by atoms with Gasteiger partial charge in [0.25, 0.3) is 0 Å². The third-order valence-electron chi connectivity index (χ3n) is 11.4. The number of fused-ring (bicyclic) bond motifs is 8. The number of nitrogens with zero attached hydrogens (tertiary/aromatic N) is 3. The van der Waals surface area contributed by atoms with Gasteiger partial charge in [-0.3, -0.25) is 0 Å². The Hall–Kier alpha value is -7.56. The van der Waals surface area contributed by atoms with Gasteiger partial charge in [-0.15, -0.1) is 0 Å². The van der Waals surface area contributed by atoms with E-state index < -0.39 is 5.41 Å². The van der Waals surface area contributed by atoms with E-state index in [1.807, 2.05) is 12.1 Å². The van der Waals surface area contributed by atoms with E-state index in [0.717, 1.165) is 78.9 Å². The van der Waals surface area contributed by atoms with Crippen LogP contribution < -0.4 is 9.64 Å². The number of hydrogen-bond donors (Lipinski definition) is 0. The molecule has 0 unspecified atom stereocenters. The average molecular weight is 730 g/mol. The van der Waals surface area contributed by atoms with Crippen LogP contribution in [0.3, 0.4) is 0 Å². The summed E-state index contributed by atoms with van der Waals surface area (Å²) in [5, 5.41) is 0. The summed E-state index contributed by atoms with van der Waals surface area (Å²) in [5.74, 6) is 2.42. The minimum Gasteiger partial charge on any atom is -0.457 e. The zero-order valence-electron chi connectivity index (χ0n) is 31.0. The third kappa shape index (κ3) is 5.15. The monoisotopic (exact) mass is 729 g/mol. The molecule has 2 aliphatic rings. The van der Waals surface area contributed by atoms with E-state index in [1.165, 1.54) is 11.1 Å². The van der Waals surface area contributed by atoms with Crippen LogP contribution in [0.25, 0.3) is 45.0 Å². The Kier molecular flexibility index (Phi) is 7.68. The molecule has 0 aliphatic carbocycles. The minimum absolute atomic E-state index is 0.610. The molecule has 57 heavy (non-hydrogen) atoms. The molecule has 0 fully saturated rings. The van der Waals surface area contributed by atoms with E-state index in [4.69, 9.17) is 14.7 Å². The Labute approximate surface area is 332 Å². The number of benzene rings is 8. The predicted octanol–water partition coefficient (Wildman–Crippen LogP) is 13.4. The van der Waals surface area contributed by atoms with Gasteiger partial charge in [0.2, 0.25) is 0 Å². The van der Waals surface area contributed by atoms with Crippen LogP contribution in [0, 0.1) is 0 Å². The fourth-order valence-electron chi connectivity index (χ4n) is 8.97. The first-order chi connectivity index (χ1) is 28.3. The normalized spacial score (nSPS) is 13.2. The van der Waals surface area contributed by atoms with E-state index in [2.05, 4.69) is 205 Å². The first kappa shape index (κ1) is 32.8. The maximum atomic E-state index is 6.63. The average Bonchev–Trinajstić information content (AvgIpc) is 3.29. The molecule has 4 nitrogen and oxygen atoms in total. The van der Waals surface area contributed by atoms with E-state index in [1.54, 1.807) is 0 Å². The van der Waals surface area contributed by atoms with E-state index in [-0.39, 0.29) is 0 Å². The fraction of sp³-hybridized carbons (Fsp3) is 0.0189. The van der Waals surface area contributed by atoms with E-state index in [0.29, 0.717) is 5.82 Å². The molecule has 4 heteroatoms. The molecule has 0 saturated carbocycles. The minimum atomic E-state index is -0.610. The highest BCUT2D eigenvalue weighted by molar-refractivity contribution is 5.97. The van der Waals surface area contributed by atoms with Crippen LogP contribution in [0.2, 0.25) is 0 Å². The quantitative estimate of drug-likeness (QED) is 0.177. The highest BCUT2D eigenvalue weighted by atomic mass is 16.5. The van der Waals surface area contributed by atoms with Gasteiger partial charge < -0.3 is 9.64 Å². The van der Waals surface area contributed by atoms with Gasteiger partial charge in [0.1, 0.15) is 11.5 Å². The Morgan fingerprint density at radius 1 is 0.351 bits per heavy atom. The molecule has 0 amide bonds. The Morgan fingerprint density at radius 2 is 0.754 bits per heavy atom. The fourth-order valence-corrected chi connectivity index (χ4v) is 8.97. The van der Waals surface area contributed by atoms with Crippen LogP contribution in [0.5, 0.6) is 11.5 Å². The van der Waals surface area contributed by atoms with Gasteiger partial charge in [0.15, 0.2) is 5.82 Å². The first-order valence-corrected chi connectivity index (χ1v) is 19.3. The molecule has 0 atom stereocenters. The lowest BCUT2D eigenvalue weighted by Gasteiger charge is -2.48. The van der Waals surface area contributed by atoms with Gasteiger partial charge in [-0.05, 0) is 53.1 Å². The molecule has 8 aromatic carbocycles. The summed E-state index contributed by atoms with van der Waals surface area (Å²) in [6.07, 6.45) is 0. The van der Waals surface area contributed by atoms with Crippen molar-refractivity contribution in [2.45, 2.75) is 5.41 Å². The van der Waals surface area contributed by atoms with Crippen LogP contribution in [-0.4, -0.2) is 9.97 Å². The van der Waals surface area contributed by atoms with Crippen molar-refractivity contribution in [3.05, 3.63) is 235 Å². The van der Waals surface area contributed by atoms with Gasteiger partial charge in [-0.2, -0.15) is 0 Å². The maximum Gasteiger partial charge on any atom is 0.161 e. The van der Waals surface area contributed by atoms with Gasteiger partial charge in [-0.1, -0.05) is 176 Å². The number of para-hydroxylation sites is 5. The van der Waals surface area contributed by atoms with Crippen LogP contribution in [0.15, 0.2) is 212 Å². The molecule has 0 N–H and O–H groups in total. The Bertz CT molecular complexity index is 2810. The SMILES string of the molecule is c1ccc(-c2cc(-c3ccccc3)nc(-c3ccccc3-c3ccccc3N3c4ccccc4C4(c5ccccc5Oc5ccccc54)c4ccccc43)n2)cc1. The van der Waals surface area contributed by atoms with Crippen molar-refractivity contribution in [3.63, 3.8) is 0 Å². The highest BCUT2D eigenvalue weighted by Crippen LogP contribution is 2.63. The van der Waals surface area contributed by atoms with Crippen molar-refractivity contribution in [2.75, 3.05) is 4.90 Å². The molecule has 0 radical (unpaired) electrons. The molecule has 11 rings (SSSR count). The summed E-state index contributed by atoms with van der Waals surface area (Å²) in [4.78, 5) is 13.0. The molecule has 268 valence electrons. The highest BCUT2D eigenvalue weighted by Gasteiger charge is 2.51. The lowest BCUT2D eigenvalue weighted by atomic mass is 9.61. The predicted molar refractivity (Wildman–Crippen MR) is 230 cm³/mol. The number of hydrogen-bond acceptors (Lipinski definition) is 4. The summed E-state index contributed by atoms with van der Waals surface area (Å²) in [5.41, 5.74) is 14.3. The topological polar surface area (TPSA) is 38.2 Å². The summed E-state index contributed by atoms with van der Waals surface area (Å²) in [6, 6.07) is 74.8. The largest absolute Gasteiger partial charge is 0.457 e. The smallest absolute Gasteiger partial charge is 0.161 e. The Balaban J connectivity index is 1.15. The Morgan fingerprint density at radius 3 is 1.30 bits per heavy atom.